The van der Waals surface area contributed by atoms with Crippen LogP contribution in [0, 0.1) is 0 Å². The Kier molecular flexibility index (Phi) is 4.63. The summed E-state index contributed by atoms with van der Waals surface area (Å²) in [6.45, 7) is 5.25. The van der Waals surface area contributed by atoms with E-state index in [2.05, 4.69) is 5.10 Å². The summed E-state index contributed by atoms with van der Waals surface area (Å²) in [6.07, 6.45) is -4.60. The third-order valence-corrected chi connectivity index (χ3v) is 2.95. The van der Waals surface area contributed by atoms with E-state index in [-0.39, 0.29) is 17.4 Å². The van der Waals surface area contributed by atoms with Crippen molar-refractivity contribution in [2.75, 3.05) is 0 Å². The summed E-state index contributed by atoms with van der Waals surface area (Å²) >= 11 is 0. The predicted octanol–water partition coefficient (Wildman–Crippen LogP) is 3.63. The average molecular weight is 287 g/mol. The highest BCUT2D eigenvalue weighted by atomic mass is 19.4. The molecule has 0 aromatic carbocycles. The zero-order valence-electron chi connectivity index (χ0n) is 11.1. The third-order valence-electron chi connectivity index (χ3n) is 2.95. The van der Waals surface area contributed by atoms with Crippen LogP contribution in [0.1, 0.15) is 40.0 Å². The molecular weight excluding hydrogens is 269 g/mol. The second kappa shape index (κ2) is 5.50. The minimum Gasteiger partial charge on any atom is -0.272 e. The Bertz CT molecular complexity index is 327. The molecule has 0 amide bonds. The van der Waals surface area contributed by atoms with Gasteiger partial charge in [-0.25, -0.2) is 0 Å². The number of unbranched alkanes of at least 4 members (excludes halogenated alkanes) is 1. The van der Waals surface area contributed by atoms with Crippen molar-refractivity contribution in [3.8, 4) is 0 Å². The maximum absolute atomic E-state index is 13.4. The van der Waals surface area contributed by atoms with Gasteiger partial charge in [0.15, 0.2) is 0 Å². The molecule has 0 spiro atoms. The van der Waals surface area contributed by atoms with Crippen molar-refractivity contribution in [1.29, 1.82) is 0 Å². The summed E-state index contributed by atoms with van der Waals surface area (Å²) in [7, 11) is 0. The predicted molar refractivity (Wildman–Crippen MR) is 61.6 cm³/mol. The van der Waals surface area contributed by atoms with Crippen molar-refractivity contribution in [3.63, 3.8) is 0 Å². The molecule has 1 atom stereocenters. The van der Waals surface area contributed by atoms with Crippen LogP contribution in [-0.2, 0) is 0 Å². The Labute approximate surface area is 109 Å². The van der Waals surface area contributed by atoms with Crippen LogP contribution in [0.3, 0.4) is 0 Å². The lowest BCUT2D eigenvalue weighted by Crippen LogP contribution is -2.57. The number of nitrogens with zero attached hydrogens (tertiary/aromatic N) is 3. The molecule has 0 aromatic rings. The lowest BCUT2D eigenvalue weighted by molar-refractivity contribution is -0.334. The minimum absolute atomic E-state index is 0.0165. The summed E-state index contributed by atoms with van der Waals surface area (Å²) in [4.78, 5) is 0.0165. The van der Waals surface area contributed by atoms with E-state index in [9.17, 15) is 22.0 Å². The van der Waals surface area contributed by atoms with Gasteiger partial charge in [-0.1, -0.05) is 13.3 Å². The molecule has 19 heavy (non-hydrogen) atoms. The van der Waals surface area contributed by atoms with Gasteiger partial charge >= 0.3 is 12.2 Å². The molecule has 3 nitrogen and oxygen atoms in total. The summed E-state index contributed by atoms with van der Waals surface area (Å²) in [6, 6.07) is -5.15. The summed E-state index contributed by atoms with van der Waals surface area (Å²) < 4.78 is 64.2. The van der Waals surface area contributed by atoms with E-state index < -0.39 is 18.4 Å². The molecule has 1 heterocycles. The summed E-state index contributed by atoms with van der Waals surface area (Å²) in [5, 5.41) is 4.97. The van der Waals surface area contributed by atoms with Gasteiger partial charge in [-0.3, -0.25) is 9.91 Å². The number of rotatable bonds is 5. The van der Waals surface area contributed by atoms with Gasteiger partial charge < -0.3 is 0 Å². The van der Waals surface area contributed by atoms with Crippen LogP contribution in [0.4, 0.5) is 22.0 Å². The van der Waals surface area contributed by atoms with E-state index in [1.807, 2.05) is 6.92 Å². The molecule has 0 N–H and O–H groups in total. The van der Waals surface area contributed by atoms with Crippen LogP contribution in [0.25, 0.3) is 0 Å². The topological polar surface area (TPSA) is 18.8 Å². The van der Waals surface area contributed by atoms with Crippen molar-refractivity contribution >= 4 is 6.34 Å². The lowest BCUT2D eigenvalue weighted by atomic mass is 10.1. The number of halogens is 5. The molecule has 8 heteroatoms. The van der Waals surface area contributed by atoms with E-state index >= 15 is 0 Å². The Morgan fingerprint density at radius 2 is 1.79 bits per heavy atom. The zero-order valence-corrected chi connectivity index (χ0v) is 11.1. The Balaban J connectivity index is 2.96. The molecule has 0 bridgehead atoms. The van der Waals surface area contributed by atoms with Gasteiger partial charge in [0.1, 0.15) is 12.5 Å². The van der Waals surface area contributed by atoms with Crippen LogP contribution in [0.15, 0.2) is 5.10 Å². The van der Waals surface area contributed by atoms with E-state index in [4.69, 9.17) is 0 Å². The molecule has 0 saturated carbocycles. The monoisotopic (exact) mass is 287 g/mol. The van der Waals surface area contributed by atoms with Crippen LogP contribution < -0.4 is 0 Å². The second-order valence-electron chi connectivity index (χ2n) is 4.77. The molecule has 1 unspecified atom stereocenters. The lowest BCUT2D eigenvalue weighted by Gasteiger charge is -2.37. The van der Waals surface area contributed by atoms with Gasteiger partial charge in [-0.15, -0.1) is 0 Å². The molecule has 1 aliphatic heterocycles. The first-order valence-electron chi connectivity index (χ1n) is 6.18. The van der Waals surface area contributed by atoms with Gasteiger partial charge in [0, 0.05) is 6.04 Å². The molecule has 0 radical (unpaired) electrons. The number of hydrogen-bond acceptors (Lipinski definition) is 3. The van der Waals surface area contributed by atoms with E-state index in [1.54, 1.807) is 13.8 Å². The molecular formula is C11H18F5N3. The quantitative estimate of drug-likeness (QED) is 0.568. The maximum atomic E-state index is 13.4. The van der Waals surface area contributed by atoms with E-state index in [0.29, 0.717) is 19.2 Å². The van der Waals surface area contributed by atoms with Gasteiger partial charge in [-0.2, -0.15) is 27.1 Å². The molecule has 0 aromatic heterocycles. The van der Waals surface area contributed by atoms with Crippen LogP contribution in [0.2, 0.25) is 0 Å². The van der Waals surface area contributed by atoms with Crippen molar-refractivity contribution in [3.05, 3.63) is 0 Å². The van der Waals surface area contributed by atoms with Crippen LogP contribution in [0.5, 0.6) is 0 Å². The first-order valence-corrected chi connectivity index (χ1v) is 6.18. The van der Waals surface area contributed by atoms with Crippen molar-refractivity contribution in [2.24, 2.45) is 5.10 Å². The second-order valence-corrected chi connectivity index (χ2v) is 4.77. The maximum Gasteiger partial charge on any atom is 0.475 e. The van der Waals surface area contributed by atoms with Crippen molar-refractivity contribution in [2.45, 2.75) is 64.5 Å². The fourth-order valence-corrected chi connectivity index (χ4v) is 1.94. The van der Waals surface area contributed by atoms with Gasteiger partial charge in [0.2, 0.25) is 0 Å². The highest BCUT2D eigenvalue weighted by Gasteiger charge is 2.64. The van der Waals surface area contributed by atoms with Gasteiger partial charge in [0.25, 0.3) is 0 Å². The molecule has 0 aliphatic carbocycles. The number of hydrazone groups is 1. The Morgan fingerprint density at radius 1 is 1.21 bits per heavy atom. The van der Waals surface area contributed by atoms with Gasteiger partial charge in [0.05, 0.1) is 0 Å². The van der Waals surface area contributed by atoms with Crippen LogP contribution >= 0.6 is 0 Å². The largest absolute Gasteiger partial charge is 0.475 e. The summed E-state index contributed by atoms with van der Waals surface area (Å²) in [5.41, 5.74) is 0. The van der Waals surface area contributed by atoms with E-state index in [0.717, 1.165) is 0 Å². The fourth-order valence-electron chi connectivity index (χ4n) is 1.94. The first-order chi connectivity index (χ1) is 8.63. The highest BCUT2D eigenvalue weighted by Crippen LogP contribution is 2.41. The third kappa shape index (κ3) is 3.09. The molecule has 0 saturated heterocycles. The zero-order chi connectivity index (χ0) is 14.8. The molecule has 1 aliphatic rings. The number of hydrogen-bond donors (Lipinski definition) is 0. The van der Waals surface area contributed by atoms with Crippen molar-refractivity contribution < 1.29 is 22.0 Å². The van der Waals surface area contributed by atoms with Gasteiger partial charge in [-0.05, 0) is 26.7 Å². The smallest absolute Gasteiger partial charge is 0.272 e. The standard InChI is InChI=1S/C11H18F5N3/c1-4-5-6-9-18(7-17-19(9)8(2)3)11(15,16)10(12,13)14/h7-9H,4-6H2,1-3H3. The molecule has 0 fully saturated rings. The van der Waals surface area contributed by atoms with E-state index in [1.165, 1.54) is 5.01 Å². The summed E-state index contributed by atoms with van der Waals surface area (Å²) in [5.74, 6) is 0. The normalized spacial score (nSPS) is 20.8. The average Bonchev–Trinajstić information content (AvgIpc) is 2.68. The molecule has 1 rings (SSSR count). The molecule has 112 valence electrons. The highest BCUT2D eigenvalue weighted by molar-refractivity contribution is 5.58. The Morgan fingerprint density at radius 3 is 2.21 bits per heavy atom. The SMILES string of the molecule is CCCCC1N(C(C)C)N=CN1C(F)(F)C(F)(F)F. The first kappa shape index (κ1) is 16.0. The fraction of sp³-hybridized carbons (Fsp3) is 0.909. The van der Waals surface area contributed by atoms with Crippen LogP contribution in [-0.4, -0.2) is 40.7 Å². The minimum atomic E-state index is -5.61. The number of alkyl halides is 5. The Hall–Kier alpha value is -1.08. The van der Waals surface area contributed by atoms with Crippen molar-refractivity contribution in [1.82, 2.24) is 9.91 Å².